The highest BCUT2D eigenvalue weighted by atomic mass is 28.4. The number of esters is 1. The van der Waals surface area contributed by atoms with Gasteiger partial charge in [-0.3, -0.25) is 4.79 Å². The van der Waals surface area contributed by atoms with E-state index in [-0.39, 0.29) is 70.6 Å². The predicted molar refractivity (Wildman–Crippen MR) is 183 cm³/mol. The monoisotopic (exact) mass is 668 g/mol. The molecule has 0 aromatic heterocycles. The van der Waals surface area contributed by atoms with Crippen molar-refractivity contribution >= 4 is 28.9 Å². The molecule has 0 radical (unpaired) electrons. The molecule has 0 amide bonds. The third-order valence-corrected chi connectivity index (χ3v) is 20.4. The summed E-state index contributed by atoms with van der Waals surface area (Å²) >= 11 is 0. The van der Waals surface area contributed by atoms with Gasteiger partial charge in [0.15, 0.2) is 16.6 Å². The van der Waals surface area contributed by atoms with Gasteiger partial charge in [-0.25, -0.2) is 0 Å². The van der Waals surface area contributed by atoms with Crippen LogP contribution in [0.25, 0.3) is 0 Å². The van der Waals surface area contributed by atoms with Crippen LogP contribution in [0.3, 0.4) is 0 Å². The minimum atomic E-state index is -2.15. The Morgan fingerprint density at radius 2 is 1.58 bits per heavy atom. The van der Waals surface area contributed by atoms with Gasteiger partial charge >= 0.3 is 5.97 Å². The summed E-state index contributed by atoms with van der Waals surface area (Å²) in [6, 6.07) is 0. The van der Waals surface area contributed by atoms with E-state index >= 15 is 0 Å². The molecule has 0 bridgehead atoms. The van der Waals surface area contributed by atoms with E-state index in [1.807, 2.05) is 0 Å². The Kier molecular flexibility index (Phi) is 12.6. The van der Waals surface area contributed by atoms with Crippen molar-refractivity contribution in [3.8, 4) is 0 Å². The van der Waals surface area contributed by atoms with Crippen molar-refractivity contribution in [1.29, 1.82) is 0 Å². The van der Waals surface area contributed by atoms with Gasteiger partial charge in [-0.2, -0.15) is 0 Å². The van der Waals surface area contributed by atoms with Gasteiger partial charge in [0.2, 0.25) is 0 Å². The molecule has 260 valence electrons. The Hall–Kier alpha value is -0.886. The van der Waals surface area contributed by atoms with E-state index in [0.717, 1.165) is 18.3 Å². The van der Waals surface area contributed by atoms with E-state index in [0.29, 0.717) is 32.3 Å². The second-order valence-electron chi connectivity index (χ2n) is 16.9. The zero-order chi connectivity index (χ0) is 34.1. The molecule has 0 aliphatic carbocycles. The summed E-state index contributed by atoms with van der Waals surface area (Å²) in [6.45, 7) is 33.2. The van der Waals surface area contributed by atoms with Crippen LogP contribution >= 0.6 is 0 Å². The van der Waals surface area contributed by atoms with Gasteiger partial charge in [-0.05, 0) is 60.6 Å². The van der Waals surface area contributed by atoms with Crippen molar-refractivity contribution in [2.24, 2.45) is 11.8 Å². The van der Waals surface area contributed by atoms with Gasteiger partial charge in [0.1, 0.15) is 18.5 Å². The summed E-state index contributed by atoms with van der Waals surface area (Å²) in [5.74, 6) is -0.183. The van der Waals surface area contributed by atoms with Crippen LogP contribution in [0.2, 0.25) is 36.3 Å². The van der Waals surface area contributed by atoms with Gasteiger partial charge in [-0.1, -0.05) is 62.0 Å². The van der Waals surface area contributed by atoms with Crippen LogP contribution in [0.4, 0.5) is 0 Å². The summed E-state index contributed by atoms with van der Waals surface area (Å²) in [5, 5.41) is 0.109. The third kappa shape index (κ3) is 9.39. The summed E-state index contributed by atoms with van der Waals surface area (Å²) in [4.78, 5) is 23.4. The first-order valence-corrected chi connectivity index (χ1v) is 23.0. The molecular weight excluding hydrogens is 605 g/mol. The molecule has 3 aliphatic rings. The lowest BCUT2D eigenvalue weighted by Crippen LogP contribution is -2.63. The quantitative estimate of drug-likeness (QED) is 0.0962. The molecule has 8 nitrogen and oxygen atoms in total. The van der Waals surface area contributed by atoms with Crippen LogP contribution in [-0.4, -0.2) is 84.3 Å². The minimum absolute atomic E-state index is 0.0105. The summed E-state index contributed by atoms with van der Waals surface area (Å²) < 4.78 is 40.1. The number of fused-ring (bicyclic) bond motifs is 1. The maximum absolute atomic E-state index is 12.4. The number of carbonyl (C=O) groups excluding carboxylic acids is 2. The molecular formula is C35H64O8Si2. The SMILES string of the molecule is C=C1C(CC2O[C@H]3C[C@@H](O[Si](C)(C)C(C)(C)C)[C@@H](CO[Si](C)(C)C(C)(C)C)O[C@H]3[C@H](C)[C@H]2OC(C)=O)OC(CCC=O)C[C@H]1C. The molecule has 3 saturated heterocycles. The van der Waals surface area contributed by atoms with Crippen LogP contribution in [0, 0.1) is 11.8 Å². The zero-order valence-electron chi connectivity index (χ0n) is 30.6. The van der Waals surface area contributed by atoms with Crippen LogP contribution in [-0.2, 0) is 37.4 Å². The Morgan fingerprint density at radius 3 is 2.13 bits per heavy atom. The lowest BCUT2D eigenvalue weighted by molar-refractivity contribution is -0.272. The summed E-state index contributed by atoms with van der Waals surface area (Å²) in [7, 11) is -4.19. The zero-order valence-corrected chi connectivity index (χ0v) is 32.6. The first-order chi connectivity index (χ1) is 20.6. The molecule has 10 atom stereocenters. The highest BCUT2D eigenvalue weighted by molar-refractivity contribution is 6.74. The van der Waals surface area contributed by atoms with E-state index in [2.05, 4.69) is 88.2 Å². The molecule has 0 aromatic carbocycles. The highest BCUT2D eigenvalue weighted by Gasteiger charge is 2.54. The number of aldehydes is 1. The molecule has 45 heavy (non-hydrogen) atoms. The molecule has 3 fully saturated rings. The van der Waals surface area contributed by atoms with E-state index in [1.165, 1.54) is 6.92 Å². The number of hydrogen-bond acceptors (Lipinski definition) is 8. The van der Waals surface area contributed by atoms with E-state index in [9.17, 15) is 9.59 Å². The Balaban J connectivity index is 1.89. The van der Waals surface area contributed by atoms with E-state index in [1.54, 1.807) is 0 Å². The van der Waals surface area contributed by atoms with E-state index in [4.69, 9.17) is 27.8 Å². The number of rotatable bonds is 11. The third-order valence-electron chi connectivity index (χ3n) is 11.4. The van der Waals surface area contributed by atoms with Crippen molar-refractivity contribution < 1.29 is 37.4 Å². The highest BCUT2D eigenvalue weighted by Crippen LogP contribution is 2.45. The molecule has 3 aliphatic heterocycles. The second kappa shape index (κ2) is 14.7. The minimum Gasteiger partial charge on any atom is -0.459 e. The molecule has 3 heterocycles. The van der Waals surface area contributed by atoms with Crippen LogP contribution in [0.5, 0.6) is 0 Å². The smallest absolute Gasteiger partial charge is 0.303 e. The maximum atomic E-state index is 12.4. The van der Waals surface area contributed by atoms with Crippen molar-refractivity contribution in [3.05, 3.63) is 12.2 Å². The lowest BCUT2D eigenvalue weighted by Gasteiger charge is -2.53. The summed E-state index contributed by atoms with van der Waals surface area (Å²) in [6.07, 6.45) is 2.11. The number of carbonyl (C=O) groups is 2. The van der Waals surface area contributed by atoms with Crippen molar-refractivity contribution in [1.82, 2.24) is 0 Å². The molecule has 3 rings (SSSR count). The van der Waals surface area contributed by atoms with Crippen molar-refractivity contribution in [3.63, 3.8) is 0 Å². The van der Waals surface area contributed by atoms with Gasteiger partial charge < -0.3 is 32.6 Å². The molecule has 0 spiro atoms. The predicted octanol–water partition coefficient (Wildman–Crippen LogP) is 7.61. The van der Waals surface area contributed by atoms with Gasteiger partial charge in [0, 0.05) is 32.1 Å². The van der Waals surface area contributed by atoms with Crippen LogP contribution in [0.1, 0.15) is 94.4 Å². The maximum Gasteiger partial charge on any atom is 0.303 e. The van der Waals surface area contributed by atoms with E-state index < -0.39 is 22.7 Å². The first kappa shape index (κ1) is 38.6. The average Bonchev–Trinajstić information content (AvgIpc) is 2.89. The molecule has 0 aromatic rings. The Bertz CT molecular complexity index is 1030. The number of hydrogen-bond donors (Lipinski definition) is 0. The first-order valence-electron chi connectivity index (χ1n) is 17.2. The molecule has 0 saturated carbocycles. The molecule has 3 unspecified atom stereocenters. The fourth-order valence-corrected chi connectivity index (χ4v) is 8.68. The van der Waals surface area contributed by atoms with Crippen LogP contribution < -0.4 is 0 Å². The number of ether oxygens (including phenoxy) is 4. The van der Waals surface area contributed by atoms with Crippen LogP contribution in [0.15, 0.2) is 12.2 Å². The molecule has 10 heteroatoms. The van der Waals surface area contributed by atoms with Gasteiger partial charge in [-0.15, -0.1) is 0 Å². The van der Waals surface area contributed by atoms with Gasteiger partial charge in [0.05, 0.1) is 43.2 Å². The fraction of sp³-hybridized carbons (Fsp3) is 0.886. The topological polar surface area (TPSA) is 89.5 Å². The van der Waals surface area contributed by atoms with Crippen molar-refractivity contribution in [2.75, 3.05) is 6.61 Å². The second-order valence-corrected chi connectivity index (χ2v) is 26.5. The summed E-state index contributed by atoms with van der Waals surface area (Å²) in [5.41, 5.74) is 1.03. The Labute approximate surface area is 275 Å². The lowest BCUT2D eigenvalue weighted by atomic mass is 9.79. The van der Waals surface area contributed by atoms with Gasteiger partial charge in [0.25, 0.3) is 0 Å². The largest absolute Gasteiger partial charge is 0.459 e. The molecule has 0 N–H and O–H groups in total. The van der Waals surface area contributed by atoms with Crippen molar-refractivity contribution in [2.45, 2.75) is 180 Å². The fourth-order valence-electron chi connectivity index (χ4n) is 6.31. The Morgan fingerprint density at radius 1 is 0.956 bits per heavy atom. The normalized spacial score (nSPS) is 35.1. The standard InChI is InChI=1S/C35H64O8Si2/c1-22-18-26(16-15-17-36)40-27(23(22)2)19-29-32(39-25(4)37)24(3)33-30(41-29)20-28(43-45(13,14)35(8,9)10)31(42-33)21-38-44(11,12)34(5,6)7/h17,22,24,26-33H,2,15-16,18-21H2,1,3-14H3/t22-,24-,26?,27?,28-,29?,30+,31-,32-,33+/m1/s1. The average molecular weight is 669 g/mol.